The first-order chi connectivity index (χ1) is 8.83. The fraction of sp³-hybridized carbons (Fsp3) is 0.625. The van der Waals surface area contributed by atoms with Gasteiger partial charge >= 0.3 is 0 Å². The molecule has 0 bridgehead atoms. The zero-order valence-electron chi connectivity index (χ0n) is 10.8. The Labute approximate surface area is 114 Å². The Kier molecular flexibility index (Phi) is 3.91. The van der Waals surface area contributed by atoms with Crippen LogP contribution in [0.2, 0.25) is 0 Å². The Morgan fingerprint density at radius 1 is 1.22 bits per heavy atom. The third-order valence-electron chi connectivity index (χ3n) is 4.36. The van der Waals surface area contributed by atoms with E-state index in [0.29, 0.717) is 11.5 Å². The molecule has 3 atom stereocenters. The molecule has 3 rings (SSSR count). The van der Waals surface area contributed by atoms with Crippen molar-refractivity contribution < 1.29 is 4.74 Å². The van der Waals surface area contributed by atoms with Crippen molar-refractivity contribution in [2.45, 2.75) is 50.0 Å². The van der Waals surface area contributed by atoms with Gasteiger partial charge in [0.25, 0.3) is 0 Å². The van der Waals surface area contributed by atoms with E-state index in [4.69, 9.17) is 16.3 Å². The minimum absolute atomic E-state index is 0.307. The zero-order valence-corrected chi connectivity index (χ0v) is 11.5. The smallest absolute Gasteiger partial charge is 0.0830 e. The summed E-state index contributed by atoms with van der Waals surface area (Å²) in [4.78, 5) is 0. The van der Waals surface area contributed by atoms with E-state index >= 15 is 0 Å². The van der Waals surface area contributed by atoms with Crippen LogP contribution in [0, 0.1) is 5.92 Å². The molecule has 1 aromatic carbocycles. The van der Waals surface area contributed by atoms with Crippen molar-refractivity contribution in [2.24, 2.45) is 5.92 Å². The van der Waals surface area contributed by atoms with Crippen LogP contribution in [0.1, 0.15) is 49.3 Å². The van der Waals surface area contributed by atoms with Crippen molar-refractivity contribution in [1.29, 1.82) is 0 Å². The van der Waals surface area contributed by atoms with Crippen molar-refractivity contribution in [3.05, 3.63) is 35.4 Å². The van der Waals surface area contributed by atoms with Crippen LogP contribution < -0.4 is 0 Å². The zero-order chi connectivity index (χ0) is 12.4. The number of alkyl halides is 1. The summed E-state index contributed by atoms with van der Waals surface area (Å²) >= 11 is 6.29. The van der Waals surface area contributed by atoms with Gasteiger partial charge in [0.1, 0.15) is 0 Å². The van der Waals surface area contributed by atoms with E-state index in [9.17, 15) is 0 Å². The van der Waals surface area contributed by atoms with Gasteiger partial charge in [0, 0.05) is 5.38 Å². The average molecular weight is 265 g/mol. The van der Waals surface area contributed by atoms with Crippen LogP contribution in [0.5, 0.6) is 0 Å². The van der Waals surface area contributed by atoms with E-state index < -0.39 is 0 Å². The first-order valence-corrected chi connectivity index (χ1v) is 7.60. The lowest BCUT2D eigenvalue weighted by Gasteiger charge is -2.32. The average Bonchev–Trinajstić information content (AvgIpc) is 2.39. The van der Waals surface area contributed by atoms with E-state index in [1.54, 1.807) is 0 Å². The van der Waals surface area contributed by atoms with Gasteiger partial charge in [0.15, 0.2) is 0 Å². The molecule has 0 saturated heterocycles. The number of hydrogen-bond donors (Lipinski definition) is 0. The van der Waals surface area contributed by atoms with Gasteiger partial charge in [-0.1, -0.05) is 37.1 Å². The van der Waals surface area contributed by atoms with Gasteiger partial charge < -0.3 is 4.74 Å². The Morgan fingerprint density at radius 2 is 2.11 bits per heavy atom. The number of ether oxygens (including phenoxy) is 1. The topological polar surface area (TPSA) is 9.23 Å². The minimum atomic E-state index is 0.307. The number of rotatable bonds is 2. The summed E-state index contributed by atoms with van der Waals surface area (Å²) in [7, 11) is 0. The lowest BCUT2D eigenvalue weighted by molar-refractivity contribution is 0.0215. The fourth-order valence-corrected chi connectivity index (χ4v) is 3.82. The van der Waals surface area contributed by atoms with Gasteiger partial charge in [0.05, 0.1) is 12.7 Å². The number of fused-ring (bicyclic) bond motifs is 1. The highest BCUT2D eigenvalue weighted by Gasteiger charge is 2.27. The van der Waals surface area contributed by atoms with Gasteiger partial charge in [-0.05, 0) is 42.7 Å². The Bertz CT molecular complexity index is 404. The maximum Gasteiger partial charge on any atom is 0.0830 e. The van der Waals surface area contributed by atoms with Crippen molar-refractivity contribution in [3.8, 4) is 0 Å². The SMILES string of the molecule is ClC1CCCC(CC2OCCc3ccccc32)C1. The van der Waals surface area contributed by atoms with Crippen molar-refractivity contribution in [3.63, 3.8) is 0 Å². The molecule has 1 aliphatic heterocycles. The summed E-state index contributed by atoms with van der Waals surface area (Å²) in [6.07, 6.45) is 7.50. The second kappa shape index (κ2) is 5.63. The Morgan fingerprint density at radius 3 is 3.00 bits per heavy atom. The van der Waals surface area contributed by atoms with E-state index in [2.05, 4.69) is 24.3 Å². The number of benzene rings is 1. The Balaban J connectivity index is 1.70. The molecule has 0 spiro atoms. The standard InChI is InChI=1S/C16H21ClO/c17-14-6-3-4-12(10-14)11-16-15-7-2-1-5-13(15)8-9-18-16/h1-2,5,7,12,14,16H,3-4,6,8-11H2. The summed E-state index contributed by atoms with van der Waals surface area (Å²) in [5, 5.41) is 0.391. The largest absolute Gasteiger partial charge is 0.373 e. The first kappa shape index (κ1) is 12.5. The lowest BCUT2D eigenvalue weighted by atomic mass is 9.82. The van der Waals surface area contributed by atoms with Gasteiger partial charge in [-0.25, -0.2) is 0 Å². The summed E-state index contributed by atoms with van der Waals surface area (Å²) < 4.78 is 6.00. The third-order valence-corrected chi connectivity index (χ3v) is 4.76. The molecule has 1 aliphatic carbocycles. The number of halogens is 1. The van der Waals surface area contributed by atoms with Gasteiger partial charge in [-0.15, -0.1) is 11.6 Å². The van der Waals surface area contributed by atoms with E-state index in [1.165, 1.54) is 36.8 Å². The molecular formula is C16H21ClO. The molecule has 2 heteroatoms. The maximum absolute atomic E-state index is 6.29. The van der Waals surface area contributed by atoms with E-state index in [1.807, 2.05) is 0 Å². The highest BCUT2D eigenvalue weighted by molar-refractivity contribution is 6.20. The molecule has 0 amide bonds. The predicted molar refractivity (Wildman–Crippen MR) is 75.1 cm³/mol. The minimum Gasteiger partial charge on any atom is -0.373 e. The molecule has 98 valence electrons. The quantitative estimate of drug-likeness (QED) is 0.716. The van der Waals surface area contributed by atoms with Crippen LogP contribution in [0.4, 0.5) is 0 Å². The van der Waals surface area contributed by atoms with Crippen LogP contribution in [-0.2, 0) is 11.2 Å². The highest BCUT2D eigenvalue weighted by atomic mass is 35.5. The molecule has 1 fully saturated rings. The molecule has 18 heavy (non-hydrogen) atoms. The predicted octanol–water partition coefficient (Wildman–Crippen LogP) is 4.49. The maximum atomic E-state index is 6.29. The summed E-state index contributed by atoms with van der Waals surface area (Å²) in [5.41, 5.74) is 2.90. The normalized spacial score (nSPS) is 31.9. The third kappa shape index (κ3) is 2.73. The molecular weight excluding hydrogens is 244 g/mol. The van der Waals surface area contributed by atoms with Gasteiger partial charge in [-0.2, -0.15) is 0 Å². The molecule has 0 radical (unpaired) electrons. The van der Waals surface area contributed by atoms with Crippen molar-refractivity contribution in [1.82, 2.24) is 0 Å². The van der Waals surface area contributed by atoms with E-state index in [-0.39, 0.29) is 0 Å². The lowest BCUT2D eigenvalue weighted by Crippen LogP contribution is -2.22. The summed E-state index contributed by atoms with van der Waals surface area (Å²) in [5.74, 6) is 0.748. The molecule has 3 unspecified atom stereocenters. The van der Waals surface area contributed by atoms with Crippen LogP contribution in [0.25, 0.3) is 0 Å². The first-order valence-electron chi connectivity index (χ1n) is 7.16. The van der Waals surface area contributed by atoms with Crippen molar-refractivity contribution in [2.75, 3.05) is 6.61 Å². The molecule has 0 N–H and O–H groups in total. The molecule has 1 heterocycles. The van der Waals surface area contributed by atoms with Gasteiger partial charge in [0.2, 0.25) is 0 Å². The highest BCUT2D eigenvalue weighted by Crippen LogP contribution is 2.38. The molecule has 1 saturated carbocycles. The van der Waals surface area contributed by atoms with E-state index in [0.717, 1.165) is 25.4 Å². The number of hydrogen-bond acceptors (Lipinski definition) is 1. The second-order valence-corrected chi connectivity index (χ2v) is 6.29. The Hall–Kier alpha value is -0.530. The molecule has 0 aromatic heterocycles. The molecule has 2 aliphatic rings. The monoisotopic (exact) mass is 264 g/mol. The van der Waals surface area contributed by atoms with Crippen LogP contribution >= 0.6 is 11.6 Å². The van der Waals surface area contributed by atoms with Crippen LogP contribution in [0.3, 0.4) is 0 Å². The fourth-order valence-electron chi connectivity index (χ4n) is 3.41. The molecule has 1 nitrogen and oxygen atoms in total. The van der Waals surface area contributed by atoms with Crippen molar-refractivity contribution >= 4 is 11.6 Å². The van der Waals surface area contributed by atoms with Crippen LogP contribution in [-0.4, -0.2) is 12.0 Å². The molecule has 1 aromatic rings. The summed E-state index contributed by atoms with van der Waals surface area (Å²) in [6.45, 7) is 0.874. The van der Waals surface area contributed by atoms with Gasteiger partial charge in [-0.3, -0.25) is 0 Å². The summed E-state index contributed by atoms with van der Waals surface area (Å²) in [6, 6.07) is 8.75. The van der Waals surface area contributed by atoms with Crippen LogP contribution in [0.15, 0.2) is 24.3 Å². The second-order valence-electron chi connectivity index (χ2n) is 5.67.